The van der Waals surface area contributed by atoms with Crippen molar-refractivity contribution < 1.29 is 9.90 Å². The Hall–Kier alpha value is -0.280. The van der Waals surface area contributed by atoms with Gasteiger partial charge >= 0.3 is 0 Å². The zero-order valence-corrected chi connectivity index (χ0v) is 10.5. The SMILES string of the molecule is C[C@H](Cl)C(=O)N1C[C@@H]2CCCC[C@@]2(CO)C1. The van der Waals surface area contributed by atoms with Crippen LogP contribution in [0.25, 0.3) is 0 Å². The molecule has 1 saturated heterocycles. The van der Waals surface area contributed by atoms with E-state index in [1.165, 1.54) is 12.8 Å². The molecule has 1 heterocycles. The fourth-order valence-electron chi connectivity index (χ4n) is 3.26. The van der Waals surface area contributed by atoms with E-state index in [2.05, 4.69) is 0 Å². The number of halogens is 1. The van der Waals surface area contributed by atoms with Crippen molar-refractivity contribution in [2.45, 2.75) is 38.0 Å². The van der Waals surface area contributed by atoms with Gasteiger partial charge in [-0.2, -0.15) is 0 Å². The molecule has 1 saturated carbocycles. The number of fused-ring (bicyclic) bond motifs is 1. The number of amides is 1. The molecule has 16 heavy (non-hydrogen) atoms. The second-order valence-corrected chi connectivity index (χ2v) is 5.95. The van der Waals surface area contributed by atoms with Gasteiger partial charge in [0, 0.05) is 18.5 Å². The lowest BCUT2D eigenvalue weighted by Crippen LogP contribution is -2.38. The number of alkyl halides is 1. The Morgan fingerprint density at radius 2 is 2.38 bits per heavy atom. The Kier molecular flexibility index (Phi) is 3.45. The molecular formula is C12H20ClNO2. The highest BCUT2D eigenvalue weighted by Crippen LogP contribution is 2.46. The van der Waals surface area contributed by atoms with Crippen molar-refractivity contribution in [1.29, 1.82) is 0 Å². The number of hydrogen-bond donors (Lipinski definition) is 1. The number of carbonyl (C=O) groups is 1. The lowest BCUT2D eigenvalue weighted by molar-refractivity contribution is -0.130. The Labute approximate surface area is 102 Å². The fraction of sp³-hybridized carbons (Fsp3) is 0.917. The molecule has 2 aliphatic rings. The van der Waals surface area contributed by atoms with Crippen LogP contribution in [0.5, 0.6) is 0 Å². The molecule has 0 aromatic carbocycles. The van der Waals surface area contributed by atoms with Gasteiger partial charge in [0.05, 0.1) is 6.61 Å². The first kappa shape index (κ1) is 12.2. The molecule has 0 radical (unpaired) electrons. The van der Waals surface area contributed by atoms with E-state index >= 15 is 0 Å². The van der Waals surface area contributed by atoms with Crippen molar-refractivity contribution in [3.8, 4) is 0 Å². The number of aliphatic hydroxyl groups excluding tert-OH is 1. The van der Waals surface area contributed by atoms with Gasteiger partial charge in [-0.25, -0.2) is 0 Å². The molecule has 0 unspecified atom stereocenters. The zero-order chi connectivity index (χ0) is 11.8. The van der Waals surface area contributed by atoms with Crippen molar-refractivity contribution in [2.24, 2.45) is 11.3 Å². The van der Waals surface area contributed by atoms with Gasteiger partial charge in [-0.05, 0) is 25.7 Å². The predicted molar refractivity (Wildman–Crippen MR) is 63.4 cm³/mol. The first-order chi connectivity index (χ1) is 7.59. The van der Waals surface area contributed by atoms with Gasteiger partial charge in [0.15, 0.2) is 0 Å². The van der Waals surface area contributed by atoms with Crippen LogP contribution in [0.3, 0.4) is 0 Å². The van der Waals surface area contributed by atoms with E-state index in [9.17, 15) is 9.90 Å². The minimum absolute atomic E-state index is 0.0175. The van der Waals surface area contributed by atoms with Crippen molar-refractivity contribution in [1.82, 2.24) is 4.90 Å². The zero-order valence-electron chi connectivity index (χ0n) is 9.79. The molecular weight excluding hydrogens is 226 g/mol. The van der Waals surface area contributed by atoms with Gasteiger partial charge in [0.25, 0.3) is 0 Å². The molecule has 92 valence electrons. The minimum atomic E-state index is -0.448. The van der Waals surface area contributed by atoms with Gasteiger partial charge in [-0.1, -0.05) is 12.8 Å². The fourth-order valence-corrected chi connectivity index (χ4v) is 3.40. The number of likely N-dealkylation sites (tertiary alicyclic amines) is 1. The Morgan fingerprint density at radius 3 is 2.94 bits per heavy atom. The van der Waals surface area contributed by atoms with Crippen molar-refractivity contribution in [2.75, 3.05) is 19.7 Å². The molecule has 4 heteroatoms. The molecule has 2 rings (SSSR count). The number of carbonyl (C=O) groups excluding carboxylic acids is 1. The molecule has 1 aliphatic carbocycles. The summed E-state index contributed by atoms with van der Waals surface area (Å²) in [5.41, 5.74) is -0.0281. The van der Waals surface area contributed by atoms with Gasteiger partial charge < -0.3 is 10.0 Å². The molecule has 3 nitrogen and oxygen atoms in total. The molecule has 0 bridgehead atoms. The molecule has 0 aromatic rings. The molecule has 1 aliphatic heterocycles. The normalized spacial score (nSPS) is 35.9. The quantitative estimate of drug-likeness (QED) is 0.752. The summed E-state index contributed by atoms with van der Waals surface area (Å²) in [6, 6.07) is 0. The van der Waals surface area contributed by atoms with Crippen LogP contribution >= 0.6 is 11.6 Å². The maximum atomic E-state index is 11.9. The summed E-state index contributed by atoms with van der Waals surface area (Å²) < 4.78 is 0. The minimum Gasteiger partial charge on any atom is -0.396 e. The third kappa shape index (κ3) is 1.95. The highest BCUT2D eigenvalue weighted by Gasteiger charge is 2.48. The van der Waals surface area contributed by atoms with Crippen molar-refractivity contribution in [3.05, 3.63) is 0 Å². The highest BCUT2D eigenvalue weighted by molar-refractivity contribution is 6.30. The van der Waals surface area contributed by atoms with Crippen LogP contribution in [0.2, 0.25) is 0 Å². The largest absolute Gasteiger partial charge is 0.396 e. The van der Waals surface area contributed by atoms with Crippen LogP contribution in [0.4, 0.5) is 0 Å². The summed E-state index contributed by atoms with van der Waals surface area (Å²) in [5.74, 6) is 0.495. The Morgan fingerprint density at radius 1 is 1.62 bits per heavy atom. The van der Waals surface area contributed by atoms with E-state index < -0.39 is 5.38 Å². The summed E-state index contributed by atoms with van der Waals surface area (Å²) in [4.78, 5) is 13.7. The number of rotatable bonds is 2. The van der Waals surface area contributed by atoms with Crippen LogP contribution in [0.15, 0.2) is 0 Å². The first-order valence-electron chi connectivity index (χ1n) is 6.13. The third-order valence-corrected chi connectivity index (χ3v) is 4.44. The summed E-state index contributed by atoms with van der Waals surface area (Å²) in [5, 5.41) is 9.17. The smallest absolute Gasteiger partial charge is 0.240 e. The number of aliphatic hydroxyl groups is 1. The monoisotopic (exact) mass is 245 g/mol. The first-order valence-corrected chi connectivity index (χ1v) is 6.56. The van der Waals surface area contributed by atoms with E-state index in [0.717, 1.165) is 19.4 Å². The summed E-state index contributed by atoms with van der Waals surface area (Å²) in [6.07, 6.45) is 4.59. The predicted octanol–water partition coefficient (Wildman–Crippen LogP) is 1.62. The molecule has 0 spiro atoms. The number of hydrogen-bond acceptors (Lipinski definition) is 2. The summed E-state index contributed by atoms with van der Waals surface area (Å²) in [6.45, 7) is 3.41. The van der Waals surface area contributed by atoms with E-state index in [4.69, 9.17) is 11.6 Å². The Balaban J connectivity index is 2.10. The standard InChI is InChI=1S/C12H20ClNO2/c1-9(13)11(16)14-6-10-4-2-3-5-12(10,7-14)8-15/h9-10,15H,2-8H2,1H3/t9-,10-,12-/m0/s1. The molecule has 2 fully saturated rings. The highest BCUT2D eigenvalue weighted by atomic mass is 35.5. The van der Waals surface area contributed by atoms with Crippen molar-refractivity contribution in [3.63, 3.8) is 0 Å². The van der Waals surface area contributed by atoms with Crippen molar-refractivity contribution >= 4 is 17.5 Å². The van der Waals surface area contributed by atoms with Gasteiger partial charge in [-0.3, -0.25) is 4.79 Å². The summed E-state index contributed by atoms with van der Waals surface area (Å²) >= 11 is 5.84. The lowest BCUT2D eigenvalue weighted by Gasteiger charge is -2.36. The van der Waals surface area contributed by atoms with E-state index in [1.54, 1.807) is 6.92 Å². The van der Waals surface area contributed by atoms with Crippen LogP contribution in [-0.4, -0.2) is 41.0 Å². The molecule has 0 aromatic heterocycles. The molecule has 1 N–H and O–H groups in total. The lowest BCUT2D eigenvalue weighted by atomic mass is 9.69. The Bertz CT molecular complexity index is 282. The molecule has 1 amide bonds. The maximum absolute atomic E-state index is 11.9. The van der Waals surface area contributed by atoms with Crippen LogP contribution in [0.1, 0.15) is 32.6 Å². The molecule has 3 atom stereocenters. The maximum Gasteiger partial charge on any atom is 0.240 e. The second kappa shape index (κ2) is 4.53. The number of nitrogens with zero attached hydrogens (tertiary/aromatic N) is 1. The van der Waals surface area contributed by atoms with E-state index in [1.807, 2.05) is 4.90 Å². The van der Waals surface area contributed by atoms with E-state index in [0.29, 0.717) is 12.5 Å². The van der Waals surface area contributed by atoms with Crippen LogP contribution < -0.4 is 0 Å². The van der Waals surface area contributed by atoms with Gasteiger partial charge in [0.1, 0.15) is 5.38 Å². The second-order valence-electron chi connectivity index (χ2n) is 5.30. The average Bonchev–Trinajstić information content (AvgIpc) is 2.67. The average molecular weight is 246 g/mol. The van der Waals surface area contributed by atoms with Gasteiger partial charge in [-0.15, -0.1) is 11.6 Å². The van der Waals surface area contributed by atoms with Crippen LogP contribution in [-0.2, 0) is 4.79 Å². The topological polar surface area (TPSA) is 40.5 Å². The third-order valence-electron chi connectivity index (χ3n) is 4.26. The van der Waals surface area contributed by atoms with Gasteiger partial charge in [0.2, 0.25) is 5.91 Å². The summed E-state index contributed by atoms with van der Waals surface area (Å²) in [7, 11) is 0. The van der Waals surface area contributed by atoms with Crippen LogP contribution in [0, 0.1) is 11.3 Å². The van der Waals surface area contributed by atoms with E-state index in [-0.39, 0.29) is 17.9 Å².